The number of H-pyrrole nitrogens is 1. The van der Waals surface area contributed by atoms with Gasteiger partial charge in [0.2, 0.25) is 0 Å². The largest absolute Gasteiger partial charge is 0.481 e. The van der Waals surface area contributed by atoms with E-state index in [1.807, 2.05) is 13.1 Å². The first-order valence-corrected chi connectivity index (χ1v) is 17.7. The molecule has 0 radical (unpaired) electrons. The number of methoxy groups -OCH3 is 1. The minimum Gasteiger partial charge on any atom is -0.481 e. The van der Waals surface area contributed by atoms with E-state index in [4.69, 9.17) is 24.8 Å². The molecule has 0 spiro atoms. The van der Waals surface area contributed by atoms with Crippen LogP contribution in [0.4, 0.5) is 24.7 Å². The van der Waals surface area contributed by atoms with E-state index in [0.717, 1.165) is 88.8 Å². The number of hydrogen-bond donors (Lipinski definition) is 2. The summed E-state index contributed by atoms with van der Waals surface area (Å²) in [6, 6.07) is 4.67. The van der Waals surface area contributed by atoms with Crippen LogP contribution in [-0.4, -0.2) is 106 Å². The normalized spacial score (nSPS) is 18.1. The van der Waals surface area contributed by atoms with Crippen molar-refractivity contribution in [2.24, 2.45) is 5.41 Å². The first kappa shape index (κ1) is 35.1. The highest BCUT2D eigenvalue weighted by Gasteiger charge is 2.37. The molecule has 2 aliphatic carbocycles. The van der Waals surface area contributed by atoms with Gasteiger partial charge in [0.05, 0.1) is 30.4 Å². The Hall–Kier alpha value is -4.37. The number of piperazine rings is 1. The van der Waals surface area contributed by atoms with Crippen molar-refractivity contribution in [2.45, 2.75) is 63.5 Å². The van der Waals surface area contributed by atoms with E-state index in [0.29, 0.717) is 59.2 Å². The molecule has 51 heavy (non-hydrogen) atoms. The van der Waals surface area contributed by atoms with Gasteiger partial charge in [-0.2, -0.15) is 13.2 Å². The molecule has 0 amide bonds. The Kier molecular flexibility index (Phi) is 9.85. The van der Waals surface area contributed by atoms with Gasteiger partial charge in [-0.05, 0) is 56.8 Å². The molecule has 0 aromatic carbocycles. The monoisotopic (exact) mass is 707 g/mol. The van der Waals surface area contributed by atoms with Crippen LogP contribution in [0, 0.1) is 5.41 Å². The fourth-order valence-corrected chi connectivity index (χ4v) is 7.60. The predicted molar refractivity (Wildman–Crippen MR) is 187 cm³/mol. The van der Waals surface area contributed by atoms with Gasteiger partial charge in [0, 0.05) is 75.9 Å². The average Bonchev–Trinajstić information content (AvgIpc) is 3.72. The quantitative estimate of drug-likeness (QED) is 0.169. The summed E-state index contributed by atoms with van der Waals surface area (Å²) >= 11 is 0. The lowest BCUT2D eigenvalue weighted by Gasteiger charge is -2.35. The Morgan fingerprint density at radius 3 is 2.45 bits per heavy atom. The van der Waals surface area contributed by atoms with Crippen LogP contribution in [0.1, 0.15) is 68.7 Å². The lowest BCUT2D eigenvalue weighted by molar-refractivity contribution is -0.141. The molecular formula is C36H44F3N9O3. The summed E-state index contributed by atoms with van der Waals surface area (Å²) in [5.41, 5.74) is 2.59. The highest BCUT2D eigenvalue weighted by atomic mass is 19.4. The smallest absolute Gasteiger partial charge is 0.433 e. The molecule has 3 aliphatic rings. The van der Waals surface area contributed by atoms with E-state index < -0.39 is 17.8 Å². The van der Waals surface area contributed by atoms with Crippen LogP contribution in [0.3, 0.4) is 0 Å². The number of rotatable bonds is 13. The van der Waals surface area contributed by atoms with E-state index in [9.17, 15) is 18.0 Å². The van der Waals surface area contributed by atoms with Gasteiger partial charge >= 0.3 is 12.1 Å². The fraction of sp³-hybridized carbons (Fsp3) is 0.556. The third-order valence-corrected chi connectivity index (χ3v) is 10.4. The number of carboxylic acids is 1. The third-order valence-electron chi connectivity index (χ3n) is 10.4. The minimum atomic E-state index is -4.59. The summed E-state index contributed by atoms with van der Waals surface area (Å²) in [7, 11) is 3.72. The van der Waals surface area contributed by atoms with E-state index in [1.54, 1.807) is 25.6 Å². The fourth-order valence-electron chi connectivity index (χ4n) is 7.60. The highest BCUT2D eigenvalue weighted by Crippen LogP contribution is 2.44. The average molecular weight is 708 g/mol. The molecule has 0 bridgehead atoms. The molecule has 0 unspecified atom stereocenters. The van der Waals surface area contributed by atoms with Gasteiger partial charge in [-0.1, -0.05) is 12.8 Å². The Labute approximate surface area is 294 Å². The molecule has 7 rings (SSSR count). The van der Waals surface area contributed by atoms with E-state index >= 15 is 0 Å². The molecule has 5 heterocycles. The number of carbonyl (C=O) groups is 1. The molecule has 12 nitrogen and oxygen atoms in total. The van der Waals surface area contributed by atoms with Crippen LogP contribution < -0.4 is 9.80 Å². The Bertz CT molecular complexity index is 1850. The van der Waals surface area contributed by atoms with Gasteiger partial charge in [-0.15, -0.1) is 0 Å². The van der Waals surface area contributed by atoms with Crippen molar-refractivity contribution < 1.29 is 27.8 Å². The second-order valence-corrected chi connectivity index (χ2v) is 14.3. The molecule has 3 fully saturated rings. The molecule has 1 aliphatic heterocycles. The van der Waals surface area contributed by atoms with Crippen LogP contribution in [0.2, 0.25) is 0 Å². The van der Waals surface area contributed by atoms with E-state index in [2.05, 4.69) is 29.7 Å². The van der Waals surface area contributed by atoms with Crippen molar-refractivity contribution in [2.75, 3.05) is 69.8 Å². The summed E-state index contributed by atoms with van der Waals surface area (Å²) in [5.74, 6) is 0.455. The molecule has 4 aromatic rings. The Morgan fingerprint density at radius 1 is 1.04 bits per heavy atom. The maximum atomic E-state index is 14.0. The predicted octanol–water partition coefficient (Wildman–Crippen LogP) is 6.00. The van der Waals surface area contributed by atoms with Crippen LogP contribution in [0.25, 0.3) is 33.9 Å². The molecule has 2 saturated carbocycles. The van der Waals surface area contributed by atoms with Crippen molar-refractivity contribution in [1.82, 2.24) is 34.8 Å². The number of hydrogen-bond acceptors (Lipinski definition) is 10. The van der Waals surface area contributed by atoms with Crippen molar-refractivity contribution in [3.8, 4) is 22.8 Å². The number of alkyl halides is 3. The second-order valence-electron chi connectivity index (χ2n) is 14.3. The zero-order chi connectivity index (χ0) is 35.8. The summed E-state index contributed by atoms with van der Waals surface area (Å²) in [5, 5.41) is 8.92. The van der Waals surface area contributed by atoms with E-state index in [1.165, 1.54) is 0 Å². The first-order chi connectivity index (χ1) is 24.5. The molecular weight excluding hydrogens is 663 g/mol. The topological polar surface area (TPSA) is 136 Å². The molecule has 1 saturated heterocycles. The molecule has 4 aromatic heterocycles. The number of imidazole rings is 1. The maximum Gasteiger partial charge on any atom is 0.433 e. The van der Waals surface area contributed by atoms with Gasteiger partial charge < -0.3 is 24.6 Å². The lowest BCUT2D eigenvalue weighted by Crippen LogP contribution is -2.47. The number of carboxylic acid groups (broad SMARTS) is 1. The second kappa shape index (κ2) is 14.3. The maximum absolute atomic E-state index is 14.0. The van der Waals surface area contributed by atoms with Crippen LogP contribution in [0.5, 0.6) is 0 Å². The summed E-state index contributed by atoms with van der Waals surface area (Å²) in [4.78, 5) is 43.8. The number of ether oxygens (including phenoxy) is 1. The summed E-state index contributed by atoms with van der Waals surface area (Å²) < 4.78 is 47.7. The highest BCUT2D eigenvalue weighted by molar-refractivity contribution is 5.91. The zero-order valence-corrected chi connectivity index (χ0v) is 29.0. The van der Waals surface area contributed by atoms with Gasteiger partial charge in [0.15, 0.2) is 11.5 Å². The lowest BCUT2D eigenvalue weighted by atomic mass is 9.86. The summed E-state index contributed by atoms with van der Waals surface area (Å²) in [6.07, 6.45) is 5.57. The number of aromatic amines is 1. The van der Waals surface area contributed by atoms with Gasteiger partial charge in [0.25, 0.3) is 0 Å². The number of nitrogens with one attached hydrogen (secondary N) is 1. The van der Waals surface area contributed by atoms with E-state index in [-0.39, 0.29) is 17.8 Å². The van der Waals surface area contributed by atoms with Gasteiger partial charge in [-0.3, -0.25) is 9.69 Å². The number of fused-ring (bicyclic) bond motifs is 1. The molecule has 15 heteroatoms. The van der Waals surface area contributed by atoms with Crippen molar-refractivity contribution in [1.29, 1.82) is 0 Å². The molecule has 0 atom stereocenters. The number of aromatic nitrogens is 6. The van der Waals surface area contributed by atoms with Crippen molar-refractivity contribution in [3.63, 3.8) is 0 Å². The van der Waals surface area contributed by atoms with Crippen molar-refractivity contribution in [3.05, 3.63) is 42.0 Å². The minimum absolute atomic E-state index is 0.0272. The Morgan fingerprint density at radius 2 is 1.80 bits per heavy atom. The first-order valence-electron chi connectivity index (χ1n) is 17.7. The van der Waals surface area contributed by atoms with Gasteiger partial charge in [-0.25, -0.2) is 24.9 Å². The number of anilines is 2. The number of halogens is 3. The van der Waals surface area contributed by atoms with Crippen LogP contribution in [0.15, 0.2) is 30.6 Å². The number of pyridine rings is 2. The van der Waals surface area contributed by atoms with Crippen molar-refractivity contribution >= 4 is 28.6 Å². The zero-order valence-electron chi connectivity index (χ0n) is 29.0. The SMILES string of the molecule is COCC1(CN(C)c2cc(-c3cc(C4CC4)nc(C(F)(F)F)c3)nc3nc(-c4cnc(N5CCN(CCCC(=O)O)CC5)cn4)[nH]c23)CCCC1. The third kappa shape index (κ3) is 7.93. The molecule has 2 N–H and O–H groups in total. The standard InChI is InChI=1S/C36H44F3N9O3/c1-46(21-35(22-51-2)9-3-4-10-35)28-18-26(24-16-25(23-7-8-23)42-29(17-24)36(37,38)39)43-34-32(28)44-33(45-34)27-19-41-30(20-40-27)48-14-12-47(13-15-48)11-5-6-31(49)50/h16-20,23H,3-15,21-22H2,1-2H3,(H,49,50)(H,43,44,45). The number of aliphatic carboxylic acids is 1. The molecule has 272 valence electrons. The number of nitrogens with zero attached hydrogens (tertiary/aromatic N) is 8. The van der Waals surface area contributed by atoms with Crippen LogP contribution >= 0.6 is 0 Å². The Balaban J connectivity index is 1.20. The summed E-state index contributed by atoms with van der Waals surface area (Å²) in [6.45, 7) is 5.21. The van der Waals surface area contributed by atoms with Gasteiger partial charge in [0.1, 0.15) is 22.7 Å². The van der Waals surface area contributed by atoms with Crippen LogP contribution in [-0.2, 0) is 15.7 Å².